The van der Waals surface area contributed by atoms with Gasteiger partial charge in [0.1, 0.15) is 0 Å². The summed E-state index contributed by atoms with van der Waals surface area (Å²) in [6, 6.07) is 0. The Morgan fingerprint density at radius 1 is 0.886 bits per heavy atom. The second-order valence-corrected chi connectivity index (χ2v) is 15.5. The van der Waals surface area contributed by atoms with Crippen LogP contribution in [0.3, 0.4) is 0 Å². The molecule has 12 atom stereocenters. The Kier molecular flexibility index (Phi) is 5.41. The Hall–Kier alpha value is -0.380. The van der Waals surface area contributed by atoms with Crippen molar-refractivity contribution >= 4 is 0 Å². The van der Waals surface area contributed by atoms with Gasteiger partial charge in [-0.2, -0.15) is 0 Å². The molecule has 0 bridgehead atoms. The highest BCUT2D eigenvalue weighted by Crippen LogP contribution is 2.78. The minimum Gasteiger partial charge on any atom is -0.393 e. The summed E-state index contributed by atoms with van der Waals surface area (Å²) in [5.41, 5.74) is 2.51. The molecule has 5 aliphatic carbocycles. The van der Waals surface area contributed by atoms with E-state index in [2.05, 4.69) is 55.0 Å². The van der Waals surface area contributed by atoms with Crippen molar-refractivity contribution in [2.24, 2.45) is 56.7 Å². The van der Waals surface area contributed by atoms with Crippen molar-refractivity contribution in [3.63, 3.8) is 0 Å². The topological polar surface area (TPSA) is 38.7 Å². The van der Waals surface area contributed by atoms with E-state index in [0.29, 0.717) is 34.7 Å². The molecule has 35 heavy (non-hydrogen) atoms. The third-order valence-electron chi connectivity index (χ3n) is 14.2. The summed E-state index contributed by atoms with van der Waals surface area (Å²) >= 11 is 0. The molecule has 0 aromatic rings. The van der Waals surface area contributed by atoms with Gasteiger partial charge in [-0.3, -0.25) is 0 Å². The lowest BCUT2D eigenvalue weighted by Crippen LogP contribution is -2.70. The maximum absolute atomic E-state index is 11.0. The zero-order valence-corrected chi connectivity index (χ0v) is 23.7. The lowest BCUT2D eigenvalue weighted by molar-refractivity contribution is -0.326. The normalized spacial score (nSPS) is 58.9. The van der Waals surface area contributed by atoms with Crippen LogP contribution in [-0.2, 0) is 9.47 Å². The molecule has 6 aliphatic rings. The molecule has 1 heterocycles. The van der Waals surface area contributed by atoms with Crippen LogP contribution in [-0.4, -0.2) is 30.2 Å². The molecule has 3 nitrogen and oxygen atoms in total. The van der Waals surface area contributed by atoms with Gasteiger partial charge in [0.15, 0.2) is 6.29 Å². The lowest BCUT2D eigenvalue weighted by atomic mass is 9.32. The first-order valence-electron chi connectivity index (χ1n) is 14.9. The molecule has 0 aromatic carbocycles. The maximum atomic E-state index is 11.0. The van der Waals surface area contributed by atoms with E-state index in [0.717, 1.165) is 24.9 Å². The fourth-order valence-corrected chi connectivity index (χ4v) is 12.3. The second-order valence-electron chi connectivity index (χ2n) is 15.5. The zero-order chi connectivity index (χ0) is 25.2. The van der Waals surface area contributed by atoms with Crippen molar-refractivity contribution in [2.45, 2.75) is 125 Å². The highest BCUT2D eigenvalue weighted by atomic mass is 16.7. The zero-order valence-electron chi connectivity index (χ0n) is 23.7. The Balaban J connectivity index is 1.43. The maximum Gasteiger partial charge on any atom is 0.155 e. The van der Waals surface area contributed by atoms with Gasteiger partial charge in [0.2, 0.25) is 0 Å². The molecular weight excluding hydrogens is 432 g/mol. The number of hydrogen-bond acceptors (Lipinski definition) is 3. The summed E-state index contributed by atoms with van der Waals surface area (Å²) in [5.74, 6) is 3.33. The van der Waals surface area contributed by atoms with Crippen molar-refractivity contribution in [2.75, 3.05) is 6.61 Å². The fraction of sp³-hybridized carbons (Fsp3) is 0.938. The van der Waals surface area contributed by atoms with E-state index in [1.54, 1.807) is 0 Å². The summed E-state index contributed by atoms with van der Waals surface area (Å²) < 4.78 is 13.0. The van der Waals surface area contributed by atoms with Crippen LogP contribution in [0, 0.1) is 56.7 Å². The molecule has 0 unspecified atom stereocenters. The van der Waals surface area contributed by atoms with E-state index < -0.39 is 0 Å². The molecule has 0 aromatic heterocycles. The first-order chi connectivity index (χ1) is 16.3. The van der Waals surface area contributed by atoms with E-state index in [-0.39, 0.29) is 28.6 Å². The average molecular weight is 485 g/mol. The van der Waals surface area contributed by atoms with Gasteiger partial charge in [0.25, 0.3) is 0 Å². The van der Waals surface area contributed by atoms with Gasteiger partial charge in [-0.1, -0.05) is 46.8 Å². The molecule has 0 amide bonds. The smallest absolute Gasteiger partial charge is 0.155 e. The van der Waals surface area contributed by atoms with Crippen molar-refractivity contribution in [3.05, 3.63) is 12.2 Å². The van der Waals surface area contributed by atoms with Crippen LogP contribution in [0.25, 0.3) is 0 Å². The summed E-state index contributed by atoms with van der Waals surface area (Å²) in [6.45, 7) is 22.5. The Morgan fingerprint density at radius 2 is 1.63 bits per heavy atom. The molecule has 1 saturated heterocycles. The molecule has 0 radical (unpaired) electrons. The minimum absolute atomic E-state index is 0.0174. The predicted octanol–water partition coefficient (Wildman–Crippen LogP) is 7.38. The van der Waals surface area contributed by atoms with Crippen LogP contribution >= 0.6 is 0 Å². The molecule has 1 aliphatic heterocycles. The number of aliphatic hydroxyl groups is 1. The number of ether oxygens (including phenoxy) is 2. The molecule has 198 valence electrons. The van der Waals surface area contributed by atoms with Crippen molar-refractivity contribution in [3.8, 4) is 0 Å². The van der Waals surface area contributed by atoms with Crippen LogP contribution in [0.2, 0.25) is 0 Å². The summed E-state index contributed by atoms with van der Waals surface area (Å²) in [4.78, 5) is 0. The van der Waals surface area contributed by atoms with Crippen LogP contribution in [0.5, 0.6) is 0 Å². The van der Waals surface area contributed by atoms with E-state index in [9.17, 15) is 5.11 Å². The van der Waals surface area contributed by atoms with Gasteiger partial charge >= 0.3 is 0 Å². The van der Waals surface area contributed by atoms with Gasteiger partial charge < -0.3 is 14.6 Å². The Labute approximate surface area is 214 Å². The summed E-state index contributed by atoms with van der Waals surface area (Å²) in [6.07, 6.45) is 11.2. The molecule has 1 spiro atoms. The van der Waals surface area contributed by atoms with Gasteiger partial charge in [0.05, 0.1) is 18.8 Å². The van der Waals surface area contributed by atoms with Crippen molar-refractivity contribution in [1.82, 2.24) is 0 Å². The largest absolute Gasteiger partial charge is 0.393 e. The fourth-order valence-electron chi connectivity index (χ4n) is 12.3. The molecular formula is C32H52O3. The van der Waals surface area contributed by atoms with Gasteiger partial charge in [-0.15, -0.1) is 0 Å². The number of rotatable bonds is 1. The van der Waals surface area contributed by atoms with Crippen LogP contribution in [0.4, 0.5) is 0 Å². The van der Waals surface area contributed by atoms with E-state index in [1.807, 2.05) is 0 Å². The number of aliphatic hydroxyl groups excluding tert-OH is 1. The quantitative estimate of drug-likeness (QED) is 0.395. The molecule has 1 N–H and O–H groups in total. The summed E-state index contributed by atoms with van der Waals surface area (Å²) in [5, 5.41) is 11.0. The van der Waals surface area contributed by atoms with Gasteiger partial charge in [-0.05, 0) is 123 Å². The second kappa shape index (κ2) is 7.60. The predicted molar refractivity (Wildman–Crippen MR) is 141 cm³/mol. The highest BCUT2D eigenvalue weighted by Gasteiger charge is 2.73. The van der Waals surface area contributed by atoms with E-state index in [1.165, 1.54) is 56.9 Å². The van der Waals surface area contributed by atoms with E-state index in [4.69, 9.17) is 9.47 Å². The monoisotopic (exact) mass is 484 g/mol. The first-order valence-corrected chi connectivity index (χ1v) is 14.9. The third kappa shape index (κ3) is 2.96. The number of fused-ring (bicyclic) bond motifs is 6. The highest BCUT2D eigenvalue weighted by molar-refractivity contribution is 5.23. The van der Waals surface area contributed by atoms with Gasteiger partial charge in [-0.25, -0.2) is 0 Å². The van der Waals surface area contributed by atoms with Gasteiger partial charge in [0, 0.05) is 5.41 Å². The Morgan fingerprint density at radius 3 is 2.34 bits per heavy atom. The van der Waals surface area contributed by atoms with Crippen molar-refractivity contribution in [1.29, 1.82) is 0 Å². The molecule has 6 fully saturated rings. The van der Waals surface area contributed by atoms with Crippen LogP contribution < -0.4 is 0 Å². The molecule has 3 heteroatoms. The third-order valence-corrected chi connectivity index (χ3v) is 14.2. The van der Waals surface area contributed by atoms with Crippen molar-refractivity contribution < 1.29 is 14.6 Å². The average Bonchev–Trinajstić information content (AvgIpc) is 3.16. The van der Waals surface area contributed by atoms with Crippen LogP contribution in [0.15, 0.2) is 12.2 Å². The SMILES string of the molecule is C=C(C)[C@@H]1CC[C@]23CO[C@@H](C)O[C@H]2C[C@]2(C)[C@H](CC[C@@H]4[C@@]5(C)CC[C@H](O)C(C)(C)[C@@H]5CC[C@]42C)[C@@H]13. The Bertz CT molecular complexity index is 895. The number of hydrogen-bond donors (Lipinski definition) is 1. The summed E-state index contributed by atoms with van der Waals surface area (Å²) in [7, 11) is 0. The lowest BCUT2D eigenvalue weighted by Gasteiger charge is -2.74. The number of allylic oxidation sites excluding steroid dienone is 1. The van der Waals surface area contributed by atoms with Crippen LogP contribution in [0.1, 0.15) is 106 Å². The first kappa shape index (κ1) is 24.9. The standard InChI is InChI=1S/C32H52O3/c1-19(2)21-11-16-32-18-34-20(3)35-26(32)17-31(8)22(27(21)32)9-10-24-29(6)14-13-25(33)28(4,5)23(29)12-15-30(24,31)7/h20-27,33H,1,9-18H2,2-8H3/t20-,21+,22-,23+,24-,25+,26+,27-,29+,30-,31-,32+/m1/s1. The molecule has 6 rings (SSSR count). The molecule has 5 saturated carbocycles. The minimum atomic E-state index is -0.154. The van der Waals surface area contributed by atoms with E-state index >= 15 is 0 Å².